The fraction of sp³-hybridized carbons (Fsp3) is 0.389. The Hall–Kier alpha value is -2.03. The molecule has 0 saturated carbocycles. The van der Waals surface area contributed by atoms with E-state index in [4.69, 9.17) is 4.74 Å². The summed E-state index contributed by atoms with van der Waals surface area (Å²) in [6.45, 7) is 4.93. The Morgan fingerprint density at radius 2 is 2.38 bits per heavy atom. The van der Waals surface area contributed by atoms with Crippen LogP contribution in [0.4, 0.5) is 0 Å². The van der Waals surface area contributed by atoms with E-state index in [0.717, 1.165) is 24.2 Å². The second-order valence-corrected chi connectivity index (χ2v) is 5.38. The molecule has 1 aromatic carbocycles. The molecule has 112 valence electrons. The fourth-order valence-corrected chi connectivity index (χ4v) is 2.62. The molecule has 3 nitrogen and oxygen atoms in total. The smallest absolute Gasteiger partial charge is 0.223 e. The second kappa shape index (κ2) is 7.67. The summed E-state index contributed by atoms with van der Waals surface area (Å²) in [7, 11) is 1.65. The molecule has 21 heavy (non-hydrogen) atoms. The number of hydrogen-bond donors (Lipinski definition) is 0. The van der Waals surface area contributed by atoms with Crippen LogP contribution in [-0.2, 0) is 11.3 Å². The van der Waals surface area contributed by atoms with Gasteiger partial charge >= 0.3 is 0 Å². The average molecular weight is 285 g/mol. The predicted molar refractivity (Wildman–Crippen MR) is 85.1 cm³/mol. The molecule has 0 heterocycles. The van der Waals surface area contributed by atoms with Crippen molar-refractivity contribution in [2.24, 2.45) is 5.92 Å². The van der Waals surface area contributed by atoms with E-state index in [2.05, 4.69) is 18.7 Å². The van der Waals surface area contributed by atoms with Crippen LogP contribution in [-0.4, -0.2) is 24.5 Å². The number of hydrogen-bond acceptors (Lipinski definition) is 2. The molecule has 0 N–H and O–H groups in total. The summed E-state index contributed by atoms with van der Waals surface area (Å²) >= 11 is 0. The van der Waals surface area contributed by atoms with Gasteiger partial charge in [0.25, 0.3) is 0 Å². The lowest BCUT2D eigenvalue weighted by molar-refractivity contribution is -0.131. The van der Waals surface area contributed by atoms with Gasteiger partial charge in [-0.3, -0.25) is 4.79 Å². The van der Waals surface area contributed by atoms with E-state index in [9.17, 15) is 4.79 Å². The number of carbonyl (C=O) groups is 1. The summed E-state index contributed by atoms with van der Waals surface area (Å²) < 4.78 is 5.23. The van der Waals surface area contributed by atoms with Crippen molar-refractivity contribution < 1.29 is 9.53 Å². The minimum absolute atomic E-state index is 0.189. The van der Waals surface area contributed by atoms with Gasteiger partial charge in [-0.25, -0.2) is 0 Å². The molecular formula is C18H23NO2. The summed E-state index contributed by atoms with van der Waals surface area (Å²) in [6.07, 6.45) is 8.88. The standard InChI is InChI=1S/C18H23NO2/c1-3-11-19(18(20)13-15-7-4-5-8-15)14-16-9-6-10-17(12-16)21-2/h3-4,6-7,9-10,12,15H,1,5,8,11,13-14H2,2H3. The fourth-order valence-electron chi connectivity index (χ4n) is 2.62. The maximum Gasteiger partial charge on any atom is 0.223 e. The Morgan fingerprint density at radius 3 is 3.05 bits per heavy atom. The van der Waals surface area contributed by atoms with Crippen molar-refractivity contribution in [3.05, 3.63) is 54.6 Å². The third-order valence-corrected chi connectivity index (χ3v) is 3.76. The number of benzene rings is 1. The van der Waals surface area contributed by atoms with E-state index in [1.807, 2.05) is 29.2 Å². The molecule has 3 heteroatoms. The number of rotatable bonds is 7. The second-order valence-electron chi connectivity index (χ2n) is 5.38. The van der Waals surface area contributed by atoms with Crippen LogP contribution in [0.15, 0.2) is 49.1 Å². The Bertz CT molecular complexity index is 522. The summed E-state index contributed by atoms with van der Waals surface area (Å²) in [4.78, 5) is 14.3. The van der Waals surface area contributed by atoms with Crippen LogP contribution in [0.5, 0.6) is 5.75 Å². The van der Waals surface area contributed by atoms with Crippen molar-refractivity contribution in [3.8, 4) is 5.75 Å². The number of carbonyl (C=O) groups excluding carboxylic acids is 1. The predicted octanol–water partition coefficient (Wildman–Crippen LogP) is 3.57. The summed E-state index contributed by atoms with van der Waals surface area (Å²) in [5.74, 6) is 1.40. The lowest BCUT2D eigenvalue weighted by atomic mass is 10.0. The van der Waals surface area contributed by atoms with E-state index in [1.54, 1.807) is 13.2 Å². The first kappa shape index (κ1) is 15.4. The van der Waals surface area contributed by atoms with Gasteiger partial charge in [-0.1, -0.05) is 30.4 Å². The number of ether oxygens (including phenoxy) is 1. The molecular weight excluding hydrogens is 262 g/mol. The van der Waals surface area contributed by atoms with Gasteiger partial charge in [0.2, 0.25) is 5.91 Å². The van der Waals surface area contributed by atoms with E-state index in [1.165, 1.54) is 0 Å². The van der Waals surface area contributed by atoms with Crippen molar-refractivity contribution >= 4 is 5.91 Å². The third kappa shape index (κ3) is 4.48. The first-order chi connectivity index (χ1) is 10.2. The molecule has 0 fully saturated rings. The molecule has 0 spiro atoms. The van der Waals surface area contributed by atoms with Gasteiger partial charge in [0, 0.05) is 19.5 Å². The topological polar surface area (TPSA) is 29.5 Å². The molecule has 1 aliphatic rings. The molecule has 0 radical (unpaired) electrons. The highest BCUT2D eigenvalue weighted by molar-refractivity contribution is 5.77. The molecule has 0 aromatic heterocycles. The van der Waals surface area contributed by atoms with E-state index in [-0.39, 0.29) is 5.91 Å². The minimum Gasteiger partial charge on any atom is -0.497 e. The van der Waals surface area contributed by atoms with Crippen LogP contribution in [0.1, 0.15) is 24.8 Å². The highest BCUT2D eigenvalue weighted by atomic mass is 16.5. The minimum atomic E-state index is 0.189. The van der Waals surface area contributed by atoms with Crippen LogP contribution in [0.25, 0.3) is 0 Å². The van der Waals surface area contributed by atoms with Gasteiger partial charge in [0.1, 0.15) is 5.75 Å². The van der Waals surface area contributed by atoms with Gasteiger partial charge in [0.15, 0.2) is 0 Å². The number of allylic oxidation sites excluding steroid dienone is 2. The van der Waals surface area contributed by atoms with E-state index < -0.39 is 0 Å². The van der Waals surface area contributed by atoms with E-state index in [0.29, 0.717) is 25.4 Å². The van der Waals surface area contributed by atoms with Gasteiger partial charge in [0.05, 0.1) is 7.11 Å². The van der Waals surface area contributed by atoms with Crippen LogP contribution < -0.4 is 4.74 Å². The van der Waals surface area contributed by atoms with Crippen LogP contribution in [0.2, 0.25) is 0 Å². The summed E-state index contributed by atoms with van der Waals surface area (Å²) in [5, 5.41) is 0. The Labute approximate surface area is 126 Å². The van der Waals surface area contributed by atoms with Crippen molar-refractivity contribution in [1.29, 1.82) is 0 Å². The number of amides is 1. The Morgan fingerprint density at radius 1 is 1.52 bits per heavy atom. The molecule has 1 aliphatic carbocycles. The molecule has 0 aliphatic heterocycles. The van der Waals surface area contributed by atoms with Gasteiger partial charge < -0.3 is 9.64 Å². The van der Waals surface area contributed by atoms with Crippen LogP contribution in [0, 0.1) is 5.92 Å². The Kier molecular flexibility index (Phi) is 5.61. The van der Waals surface area contributed by atoms with Crippen molar-refractivity contribution in [2.75, 3.05) is 13.7 Å². The van der Waals surface area contributed by atoms with Crippen LogP contribution >= 0.6 is 0 Å². The first-order valence-electron chi connectivity index (χ1n) is 7.41. The summed E-state index contributed by atoms with van der Waals surface area (Å²) in [5.41, 5.74) is 1.08. The van der Waals surface area contributed by atoms with Gasteiger partial charge in [-0.05, 0) is 36.5 Å². The van der Waals surface area contributed by atoms with Gasteiger partial charge in [-0.15, -0.1) is 6.58 Å². The lowest BCUT2D eigenvalue weighted by Crippen LogP contribution is -2.31. The van der Waals surface area contributed by atoms with E-state index >= 15 is 0 Å². The zero-order valence-electron chi connectivity index (χ0n) is 12.6. The Balaban J connectivity index is 2.01. The third-order valence-electron chi connectivity index (χ3n) is 3.76. The molecule has 2 rings (SSSR count). The normalized spacial score (nSPS) is 16.7. The molecule has 0 saturated heterocycles. The SMILES string of the molecule is C=CCN(Cc1cccc(OC)c1)C(=O)CC1C=CCC1. The molecule has 0 bridgehead atoms. The number of nitrogens with zero attached hydrogens (tertiary/aromatic N) is 1. The van der Waals surface area contributed by atoms with Crippen molar-refractivity contribution in [2.45, 2.75) is 25.8 Å². The van der Waals surface area contributed by atoms with Crippen molar-refractivity contribution in [3.63, 3.8) is 0 Å². The lowest BCUT2D eigenvalue weighted by Gasteiger charge is -2.23. The quantitative estimate of drug-likeness (QED) is 0.717. The highest BCUT2D eigenvalue weighted by Gasteiger charge is 2.19. The van der Waals surface area contributed by atoms with Gasteiger partial charge in [-0.2, -0.15) is 0 Å². The first-order valence-corrected chi connectivity index (χ1v) is 7.41. The maximum atomic E-state index is 12.5. The highest BCUT2D eigenvalue weighted by Crippen LogP contribution is 2.22. The number of methoxy groups -OCH3 is 1. The zero-order chi connectivity index (χ0) is 15.1. The zero-order valence-corrected chi connectivity index (χ0v) is 12.6. The molecule has 1 amide bonds. The molecule has 1 unspecified atom stereocenters. The van der Waals surface area contributed by atoms with Crippen molar-refractivity contribution in [1.82, 2.24) is 4.90 Å². The average Bonchev–Trinajstić information content (AvgIpc) is 3.00. The molecule has 1 aromatic rings. The summed E-state index contributed by atoms with van der Waals surface area (Å²) in [6, 6.07) is 7.84. The molecule has 1 atom stereocenters. The van der Waals surface area contributed by atoms with Crippen LogP contribution in [0.3, 0.4) is 0 Å². The largest absolute Gasteiger partial charge is 0.497 e. The monoisotopic (exact) mass is 285 g/mol. The maximum absolute atomic E-state index is 12.5.